The zero-order chi connectivity index (χ0) is 14.8. The van der Waals surface area contributed by atoms with Crippen molar-refractivity contribution in [3.05, 3.63) is 35.9 Å². The molecule has 0 aromatic heterocycles. The molecule has 0 heterocycles. The Morgan fingerprint density at radius 3 is 1.95 bits per heavy atom. The first-order chi connectivity index (χ1) is 10.1. The summed E-state index contributed by atoms with van der Waals surface area (Å²) in [6.07, 6.45) is 5.16. The highest BCUT2D eigenvalue weighted by atomic mass is 16.3. The molecule has 3 rings (SSSR count). The summed E-state index contributed by atoms with van der Waals surface area (Å²) >= 11 is 0. The second kappa shape index (κ2) is 6.50. The largest absolute Gasteiger partial charge is 0.387 e. The number of benzene rings is 1. The molecule has 0 bridgehead atoms. The van der Waals surface area contributed by atoms with Crippen LogP contribution in [-0.4, -0.2) is 29.1 Å². The molecule has 2 heteroatoms. The number of aliphatic hydroxyl groups excluding tert-OH is 1. The van der Waals surface area contributed by atoms with Gasteiger partial charge >= 0.3 is 0 Å². The van der Waals surface area contributed by atoms with Crippen molar-refractivity contribution in [2.75, 3.05) is 13.1 Å². The van der Waals surface area contributed by atoms with Crippen molar-refractivity contribution >= 4 is 0 Å². The Morgan fingerprint density at radius 2 is 1.52 bits per heavy atom. The topological polar surface area (TPSA) is 23.5 Å². The van der Waals surface area contributed by atoms with Crippen LogP contribution in [0.4, 0.5) is 0 Å². The standard InChI is InChI=1S/C19H29NO/c1-14(2)18(19(21)17-6-4-3-5-7-17)20(12-15-8-9-15)13-16-10-11-16/h3-7,14-16,18-19,21H,8-13H2,1-2H3. The van der Waals surface area contributed by atoms with E-state index in [9.17, 15) is 5.11 Å². The third-order valence-corrected chi connectivity index (χ3v) is 4.95. The molecule has 0 saturated heterocycles. The lowest BCUT2D eigenvalue weighted by Gasteiger charge is -2.38. The van der Waals surface area contributed by atoms with Crippen LogP contribution in [0.2, 0.25) is 0 Å². The second-order valence-electron chi connectivity index (χ2n) is 7.43. The highest BCUT2D eigenvalue weighted by Gasteiger charge is 2.36. The first kappa shape index (κ1) is 15.1. The molecule has 0 spiro atoms. The SMILES string of the molecule is CC(C)C(C(O)c1ccccc1)N(CC1CC1)CC1CC1. The van der Waals surface area contributed by atoms with E-state index in [-0.39, 0.29) is 12.1 Å². The second-order valence-corrected chi connectivity index (χ2v) is 7.43. The van der Waals surface area contributed by atoms with Gasteiger partial charge in [-0.2, -0.15) is 0 Å². The molecule has 0 radical (unpaired) electrons. The van der Waals surface area contributed by atoms with Crippen LogP contribution in [0.5, 0.6) is 0 Å². The fourth-order valence-electron chi connectivity index (χ4n) is 3.42. The Kier molecular flexibility index (Phi) is 4.66. The molecule has 1 aromatic carbocycles. The van der Waals surface area contributed by atoms with Gasteiger partial charge in [-0.1, -0.05) is 44.2 Å². The summed E-state index contributed by atoms with van der Waals surface area (Å²) in [5.41, 5.74) is 1.06. The van der Waals surface area contributed by atoms with E-state index in [1.54, 1.807) is 0 Å². The lowest BCUT2D eigenvalue weighted by molar-refractivity contribution is 0.0171. The minimum atomic E-state index is -0.372. The van der Waals surface area contributed by atoms with Crippen molar-refractivity contribution in [3.63, 3.8) is 0 Å². The van der Waals surface area contributed by atoms with E-state index in [4.69, 9.17) is 0 Å². The van der Waals surface area contributed by atoms with Crippen LogP contribution in [0.25, 0.3) is 0 Å². The quantitative estimate of drug-likeness (QED) is 0.784. The lowest BCUT2D eigenvalue weighted by Crippen LogP contribution is -2.45. The Hall–Kier alpha value is -0.860. The molecule has 2 aliphatic carbocycles. The van der Waals surface area contributed by atoms with Gasteiger partial charge in [0.25, 0.3) is 0 Å². The van der Waals surface area contributed by atoms with Crippen LogP contribution in [0.3, 0.4) is 0 Å². The van der Waals surface area contributed by atoms with Crippen LogP contribution >= 0.6 is 0 Å². The summed E-state index contributed by atoms with van der Waals surface area (Å²) in [5.74, 6) is 2.23. The van der Waals surface area contributed by atoms with Crippen molar-refractivity contribution in [2.45, 2.75) is 51.7 Å². The third kappa shape index (κ3) is 4.08. The van der Waals surface area contributed by atoms with E-state index in [1.165, 1.54) is 38.8 Å². The molecule has 21 heavy (non-hydrogen) atoms. The van der Waals surface area contributed by atoms with Crippen molar-refractivity contribution in [2.24, 2.45) is 17.8 Å². The Labute approximate surface area is 129 Å². The minimum absolute atomic E-state index is 0.244. The number of aliphatic hydroxyl groups is 1. The maximum Gasteiger partial charge on any atom is 0.0947 e. The van der Waals surface area contributed by atoms with Crippen molar-refractivity contribution in [1.82, 2.24) is 4.90 Å². The van der Waals surface area contributed by atoms with Crippen molar-refractivity contribution in [1.29, 1.82) is 0 Å². The van der Waals surface area contributed by atoms with E-state index in [1.807, 2.05) is 18.2 Å². The number of rotatable bonds is 8. The van der Waals surface area contributed by atoms with Crippen molar-refractivity contribution < 1.29 is 5.11 Å². The lowest BCUT2D eigenvalue weighted by atomic mass is 9.91. The number of hydrogen-bond donors (Lipinski definition) is 1. The van der Waals surface area contributed by atoms with E-state index >= 15 is 0 Å². The molecule has 116 valence electrons. The summed E-state index contributed by atoms with van der Waals surface area (Å²) in [6.45, 7) is 6.87. The molecular weight excluding hydrogens is 258 g/mol. The van der Waals surface area contributed by atoms with Gasteiger partial charge in [0, 0.05) is 19.1 Å². The number of nitrogens with zero attached hydrogens (tertiary/aromatic N) is 1. The van der Waals surface area contributed by atoms with Crippen LogP contribution < -0.4 is 0 Å². The van der Waals surface area contributed by atoms with E-state index in [2.05, 4.69) is 30.9 Å². The average Bonchev–Trinajstić information content (AvgIpc) is 3.35. The van der Waals surface area contributed by atoms with E-state index < -0.39 is 0 Å². The highest BCUT2D eigenvalue weighted by molar-refractivity contribution is 5.19. The van der Waals surface area contributed by atoms with Crippen molar-refractivity contribution in [3.8, 4) is 0 Å². The van der Waals surface area contributed by atoms with Gasteiger partial charge in [-0.25, -0.2) is 0 Å². The first-order valence-electron chi connectivity index (χ1n) is 8.62. The van der Waals surface area contributed by atoms with Gasteiger partial charge in [0.1, 0.15) is 0 Å². The molecule has 2 aliphatic rings. The van der Waals surface area contributed by atoms with Gasteiger partial charge in [0.05, 0.1) is 6.10 Å². The van der Waals surface area contributed by atoms with Gasteiger partial charge in [-0.3, -0.25) is 4.90 Å². The molecule has 0 aliphatic heterocycles. The third-order valence-electron chi connectivity index (χ3n) is 4.95. The zero-order valence-corrected chi connectivity index (χ0v) is 13.4. The Morgan fingerprint density at radius 1 is 1.00 bits per heavy atom. The molecule has 1 aromatic rings. The Balaban J connectivity index is 1.76. The van der Waals surface area contributed by atoms with Crippen LogP contribution in [0, 0.1) is 17.8 Å². The Bertz CT molecular complexity index is 422. The molecule has 2 fully saturated rings. The van der Waals surface area contributed by atoms with Crippen LogP contribution in [0.15, 0.2) is 30.3 Å². The highest BCUT2D eigenvalue weighted by Crippen LogP contribution is 2.37. The van der Waals surface area contributed by atoms with Gasteiger partial charge in [-0.15, -0.1) is 0 Å². The van der Waals surface area contributed by atoms with Crippen LogP contribution in [0.1, 0.15) is 51.2 Å². The maximum absolute atomic E-state index is 10.9. The van der Waals surface area contributed by atoms with E-state index in [0.717, 1.165) is 17.4 Å². The molecule has 0 amide bonds. The zero-order valence-electron chi connectivity index (χ0n) is 13.4. The average molecular weight is 287 g/mol. The predicted octanol–water partition coefficient (Wildman–Crippen LogP) is 3.87. The molecule has 2 atom stereocenters. The van der Waals surface area contributed by atoms with Gasteiger partial charge in [-0.05, 0) is 49.0 Å². The normalized spacial score (nSPS) is 21.8. The minimum Gasteiger partial charge on any atom is -0.387 e. The predicted molar refractivity (Wildman–Crippen MR) is 87.0 cm³/mol. The maximum atomic E-state index is 10.9. The summed E-state index contributed by atoms with van der Waals surface area (Å²) in [4.78, 5) is 2.61. The molecule has 2 unspecified atom stereocenters. The summed E-state index contributed by atoms with van der Waals surface area (Å²) < 4.78 is 0. The van der Waals surface area contributed by atoms with Gasteiger partial charge in [0.15, 0.2) is 0 Å². The molecular formula is C19H29NO. The molecule has 2 saturated carbocycles. The molecule has 2 nitrogen and oxygen atoms in total. The molecule has 1 N–H and O–H groups in total. The fourth-order valence-corrected chi connectivity index (χ4v) is 3.42. The van der Waals surface area contributed by atoms with Gasteiger partial charge in [0.2, 0.25) is 0 Å². The van der Waals surface area contributed by atoms with Gasteiger partial charge < -0.3 is 5.11 Å². The number of hydrogen-bond acceptors (Lipinski definition) is 2. The fraction of sp³-hybridized carbons (Fsp3) is 0.684. The smallest absolute Gasteiger partial charge is 0.0947 e. The summed E-state index contributed by atoms with van der Waals surface area (Å²) in [5, 5.41) is 10.9. The van der Waals surface area contributed by atoms with Crippen LogP contribution in [-0.2, 0) is 0 Å². The summed E-state index contributed by atoms with van der Waals surface area (Å²) in [6, 6.07) is 10.4. The van der Waals surface area contributed by atoms with E-state index in [0.29, 0.717) is 5.92 Å². The summed E-state index contributed by atoms with van der Waals surface area (Å²) in [7, 11) is 0. The first-order valence-corrected chi connectivity index (χ1v) is 8.62. The monoisotopic (exact) mass is 287 g/mol.